The molecule has 0 fully saturated rings. The van der Waals surface area contributed by atoms with E-state index in [1.165, 1.54) is 6.92 Å². The van der Waals surface area contributed by atoms with Crippen molar-refractivity contribution < 1.29 is 27.9 Å². The van der Waals surface area contributed by atoms with E-state index in [-0.39, 0.29) is 36.6 Å². The van der Waals surface area contributed by atoms with Crippen molar-refractivity contribution in [2.45, 2.75) is 26.1 Å². The van der Waals surface area contributed by atoms with Gasteiger partial charge in [-0.1, -0.05) is 0 Å². The van der Waals surface area contributed by atoms with Crippen molar-refractivity contribution in [1.29, 1.82) is 0 Å². The van der Waals surface area contributed by atoms with Crippen molar-refractivity contribution in [3.63, 3.8) is 0 Å². The van der Waals surface area contributed by atoms with Crippen LogP contribution in [0.25, 0.3) is 0 Å². The van der Waals surface area contributed by atoms with Crippen molar-refractivity contribution in [3.8, 4) is 0 Å². The number of amides is 1. The molecular formula is C10H10F3N3O3. The number of hydrogen-bond acceptors (Lipinski definition) is 3. The second-order valence-electron chi connectivity index (χ2n) is 4.12. The fourth-order valence-electron chi connectivity index (χ4n) is 2.09. The minimum absolute atomic E-state index is 0.0874. The van der Waals surface area contributed by atoms with Crippen LogP contribution in [0.2, 0.25) is 0 Å². The number of aryl methyl sites for hydroxylation is 2. The zero-order valence-electron chi connectivity index (χ0n) is 9.86. The maximum atomic E-state index is 12.5. The number of alkyl halides is 3. The molecule has 0 saturated carbocycles. The summed E-state index contributed by atoms with van der Waals surface area (Å²) < 4.78 is 38.6. The van der Waals surface area contributed by atoms with E-state index in [9.17, 15) is 22.8 Å². The van der Waals surface area contributed by atoms with E-state index in [4.69, 9.17) is 5.11 Å². The Kier molecular flexibility index (Phi) is 2.99. The predicted molar refractivity (Wildman–Crippen MR) is 56.9 cm³/mol. The molecule has 9 heteroatoms. The van der Waals surface area contributed by atoms with Gasteiger partial charge in [0.2, 0.25) is 0 Å². The van der Waals surface area contributed by atoms with Gasteiger partial charge in [0.1, 0.15) is 11.4 Å². The monoisotopic (exact) mass is 277 g/mol. The number of rotatable bonds is 1. The van der Waals surface area contributed by atoms with Gasteiger partial charge in [0.15, 0.2) is 0 Å². The lowest BCUT2D eigenvalue weighted by molar-refractivity contribution is -0.170. The third kappa shape index (κ3) is 2.15. The number of anilines is 1. The summed E-state index contributed by atoms with van der Waals surface area (Å²) in [5, 5.41) is 12.9. The lowest BCUT2D eigenvalue weighted by atomic mass is 10.2. The van der Waals surface area contributed by atoms with Gasteiger partial charge in [-0.05, 0) is 13.3 Å². The molecule has 1 aliphatic heterocycles. The van der Waals surface area contributed by atoms with Gasteiger partial charge in [0, 0.05) is 13.1 Å². The molecule has 0 aromatic carbocycles. The van der Waals surface area contributed by atoms with E-state index in [2.05, 4.69) is 5.10 Å². The molecule has 104 valence electrons. The standard InChI is InChI=1S/C10H10F3N3O3/c1-5-6(8(17)18)7-15(9(19)10(11,12)13)3-2-4-16(7)14-5/h2-4H2,1H3,(H,17,18). The number of aromatic nitrogens is 2. The van der Waals surface area contributed by atoms with Crippen LogP contribution in [0.5, 0.6) is 0 Å². The molecule has 1 aliphatic rings. The Morgan fingerprint density at radius 2 is 1.95 bits per heavy atom. The van der Waals surface area contributed by atoms with Crippen LogP contribution < -0.4 is 4.90 Å². The van der Waals surface area contributed by atoms with Crippen molar-refractivity contribution in [3.05, 3.63) is 11.3 Å². The highest BCUT2D eigenvalue weighted by Crippen LogP contribution is 2.31. The largest absolute Gasteiger partial charge is 0.477 e. The number of halogens is 3. The highest BCUT2D eigenvalue weighted by atomic mass is 19.4. The van der Waals surface area contributed by atoms with Gasteiger partial charge in [0.25, 0.3) is 0 Å². The van der Waals surface area contributed by atoms with Crippen LogP contribution in [0.3, 0.4) is 0 Å². The van der Waals surface area contributed by atoms with E-state index in [1.807, 2.05) is 0 Å². The smallest absolute Gasteiger partial charge is 0.471 e. The van der Waals surface area contributed by atoms with Gasteiger partial charge < -0.3 is 5.11 Å². The molecule has 1 aromatic heterocycles. The molecule has 0 aliphatic carbocycles. The number of aromatic carboxylic acids is 1. The molecule has 2 rings (SSSR count). The van der Waals surface area contributed by atoms with Crippen LogP contribution in [-0.2, 0) is 11.3 Å². The zero-order chi connectivity index (χ0) is 14.4. The summed E-state index contributed by atoms with van der Waals surface area (Å²) in [4.78, 5) is 22.9. The lowest BCUT2D eigenvalue weighted by Crippen LogP contribution is -2.45. The van der Waals surface area contributed by atoms with Gasteiger partial charge in [-0.15, -0.1) is 0 Å². The van der Waals surface area contributed by atoms with E-state index in [1.54, 1.807) is 0 Å². The Labute approximate surface area is 105 Å². The fourth-order valence-corrected chi connectivity index (χ4v) is 2.09. The lowest BCUT2D eigenvalue weighted by Gasteiger charge is -2.28. The van der Waals surface area contributed by atoms with Crippen molar-refractivity contribution in [2.24, 2.45) is 0 Å². The van der Waals surface area contributed by atoms with Crippen LogP contribution in [0.4, 0.5) is 19.0 Å². The Morgan fingerprint density at radius 3 is 2.47 bits per heavy atom. The number of carbonyl (C=O) groups is 2. The Hall–Kier alpha value is -2.06. The first-order chi connectivity index (χ1) is 8.73. The average Bonchev–Trinajstić information content (AvgIpc) is 2.62. The molecule has 1 amide bonds. The van der Waals surface area contributed by atoms with Crippen molar-refractivity contribution in [2.75, 3.05) is 11.4 Å². The van der Waals surface area contributed by atoms with Crippen LogP contribution >= 0.6 is 0 Å². The number of carbonyl (C=O) groups excluding carboxylic acids is 1. The number of hydrogen-bond donors (Lipinski definition) is 1. The topological polar surface area (TPSA) is 75.4 Å². The molecule has 1 N–H and O–H groups in total. The number of carboxylic acids is 1. The number of nitrogens with zero attached hydrogens (tertiary/aromatic N) is 3. The van der Waals surface area contributed by atoms with Gasteiger partial charge in [0.05, 0.1) is 5.69 Å². The molecule has 0 unspecified atom stereocenters. The molecule has 19 heavy (non-hydrogen) atoms. The van der Waals surface area contributed by atoms with Crippen LogP contribution in [0, 0.1) is 6.92 Å². The van der Waals surface area contributed by atoms with E-state index in [0.717, 1.165) is 4.68 Å². The van der Waals surface area contributed by atoms with Crippen molar-refractivity contribution >= 4 is 17.7 Å². The molecule has 6 nitrogen and oxygen atoms in total. The summed E-state index contributed by atoms with van der Waals surface area (Å²) in [7, 11) is 0. The van der Waals surface area contributed by atoms with Crippen LogP contribution in [-0.4, -0.2) is 39.5 Å². The summed E-state index contributed by atoms with van der Waals surface area (Å²) in [5.41, 5.74) is -0.276. The normalized spacial score (nSPS) is 15.3. The Morgan fingerprint density at radius 1 is 1.32 bits per heavy atom. The minimum atomic E-state index is -5.05. The molecule has 2 heterocycles. The van der Waals surface area contributed by atoms with Crippen LogP contribution in [0.1, 0.15) is 22.5 Å². The minimum Gasteiger partial charge on any atom is -0.477 e. The first-order valence-corrected chi connectivity index (χ1v) is 5.43. The van der Waals surface area contributed by atoms with Gasteiger partial charge >= 0.3 is 18.1 Å². The highest BCUT2D eigenvalue weighted by Gasteiger charge is 2.46. The number of carboxylic acid groups (broad SMARTS) is 1. The van der Waals surface area contributed by atoms with Crippen molar-refractivity contribution in [1.82, 2.24) is 9.78 Å². The maximum absolute atomic E-state index is 12.5. The molecule has 0 spiro atoms. The molecule has 0 saturated heterocycles. The highest BCUT2D eigenvalue weighted by molar-refractivity contribution is 6.03. The van der Waals surface area contributed by atoms with Gasteiger partial charge in [-0.3, -0.25) is 9.69 Å². The third-order valence-electron chi connectivity index (χ3n) is 2.81. The second-order valence-corrected chi connectivity index (χ2v) is 4.12. The summed E-state index contributed by atoms with van der Waals surface area (Å²) in [5.74, 6) is -3.77. The fraction of sp³-hybridized carbons (Fsp3) is 0.500. The number of fused-ring (bicyclic) bond motifs is 1. The maximum Gasteiger partial charge on any atom is 0.471 e. The first-order valence-electron chi connectivity index (χ1n) is 5.43. The molecule has 1 aromatic rings. The third-order valence-corrected chi connectivity index (χ3v) is 2.81. The molecule has 0 bridgehead atoms. The summed E-state index contributed by atoms with van der Waals surface area (Å²) in [6.45, 7) is 1.49. The molecule has 0 radical (unpaired) electrons. The molecule has 0 atom stereocenters. The summed E-state index contributed by atoms with van der Waals surface area (Å²) in [6.07, 6.45) is -4.76. The Balaban J connectivity index is 2.55. The first kappa shape index (κ1) is 13.4. The van der Waals surface area contributed by atoms with E-state index >= 15 is 0 Å². The van der Waals surface area contributed by atoms with Gasteiger partial charge in [-0.2, -0.15) is 18.3 Å². The zero-order valence-corrected chi connectivity index (χ0v) is 9.86. The summed E-state index contributed by atoms with van der Waals surface area (Å²) in [6, 6.07) is 0. The predicted octanol–water partition coefficient (Wildman–Crippen LogP) is 1.19. The van der Waals surface area contributed by atoms with E-state index < -0.39 is 18.1 Å². The van der Waals surface area contributed by atoms with Gasteiger partial charge in [-0.25, -0.2) is 9.48 Å². The quantitative estimate of drug-likeness (QED) is 0.836. The van der Waals surface area contributed by atoms with Crippen LogP contribution in [0.15, 0.2) is 0 Å². The average molecular weight is 277 g/mol. The molecular weight excluding hydrogens is 267 g/mol. The van der Waals surface area contributed by atoms with E-state index in [0.29, 0.717) is 4.90 Å². The second kappa shape index (κ2) is 4.25. The summed E-state index contributed by atoms with van der Waals surface area (Å²) >= 11 is 0. The SMILES string of the molecule is Cc1nn2c(c1C(=O)O)N(C(=O)C(F)(F)F)CCC2. The Bertz CT molecular complexity index is 550.